The Morgan fingerprint density at radius 2 is 2.06 bits per heavy atom. The number of nitrogens with two attached hydrogens (primary N) is 1. The Morgan fingerprint density at radius 1 is 1.35 bits per heavy atom. The molecule has 0 radical (unpaired) electrons. The second-order valence-corrected chi connectivity index (χ2v) is 5.46. The van der Waals surface area contributed by atoms with Gasteiger partial charge in [-0.25, -0.2) is 0 Å². The van der Waals surface area contributed by atoms with E-state index in [1.165, 1.54) is 0 Å². The highest BCUT2D eigenvalue weighted by Crippen LogP contribution is 2.11. The van der Waals surface area contributed by atoms with E-state index in [-0.39, 0.29) is 0 Å². The number of rotatable bonds is 6. The van der Waals surface area contributed by atoms with Crippen LogP contribution in [0.4, 0.5) is 0 Å². The Kier molecular flexibility index (Phi) is 6.41. The van der Waals surface area contributed by atoms with Gasteiger partial charge in [-0.15, -0.1) is 0 Å². The molecule has 0 bridgehead atoms. The fraction of sp³-hybridized carbons (Fsp3) is 1.00. The molecule has 0 aliphatic carbocycles. The molecule has 0 spiro atoms. The number of nitrogens with zero attached hydrogens (tertiary/aromatic N) is 2. The summed E-state index contributed by atoms with van der Waals surface area (Å²) in [5.41, 5.74) is 5.65. The summed E-state index contributed by atoms with van der Waals surface area (Å²) in [7, 11) is 0. The quantitative estimate of drug-likeness (QED) is 0.748. The van der Waals surface area contributed by atoms with Gasteiger partial charge in [-0.1, -0.05) is 0 Å². The predicted molar refractivity (Wildman–Crippen MR) is 72.2 cm³/mol. The van der Waals surface area contributed by atoms with E-state index < -0.39 is 0 Å². The lowest BCUT2D eigenvalue weighted by molar-refractivity contribution is -0.0550. The van der Waals surface area contributed by atoms with Crippen LogP contribution in [-0.2, 0) is 4.74 Å². The maximum Gasteiger partial charge on any atom is 0.0829 e. The Labute approximate surface area is 106 Å². The maximum absolute atomic E-state index is 5.86. The van der Waals surface area contributed by atoms with Gasteiger partial charge in [0, 0.05) is 44.8 Å². The maximum atomic E-state index is 5.86. The summed E-state index contributed by atoms with van der Waals surface area (Å²) in [6.45, 7) is 14.6. The minimum atomic E-state index is 0.333. The molecule has 1 aliphatic heterocycles. The first-order valence-electron chi connectivity index (χ1n) is 6.84. The van der Waals surface area contributed by atoms with Gasteiger partial charge in [0.15, 0.2) is 0 Å². The van der Waals surface area contributed by atoms with Gasteiger partial charge in [-0.05, 0) is 27.7 Å². The van der Waals surface area contributed by atoms with Crippen LogP contribution >= 0.6 is 0 Å². The fourth-order valence-corrected chi connectivity index (χ4v) is 2.31. The number of hydrogen-bond acceptors (Lipinski definition) is 4. The van der Waals surface area contributed by atoms with E-state index >= 15 is 0 Å². The van der Waals surface area contributed by atoms with E-state index in [0.717, 1.165) is 39.3 Å². The van der Waals surface area contributed by atoms with Crippen molar-refractivity contribution in [1.29, 1.82) is 0 Å². The van der Waals surface area contributed by atoms with Crippen LogP contribution in [0.5, 0.6) is 0 Å². The van der Waals surface area contributed by atoms with Crippen LogP contribution in [0.15, 0.2) is 0 Å². The average molecular weight is 243 g/mol. The molecule has 1 saturated heterocycles. The second-order valence-electron chi connectivity index (χ2n) is 5.46. The minimum absolute atomic E-state index is 0.333. The molecule has 0 aromatic carbocycles. The van der Waals surface area contributed by atoms with Gasteiger partial charge in [0.2, 0.25) is 0 Å². The molecule has 1 heterocycles. The molecular weight excluding hydrogens is 214 g/mol. The molecule has 0 aromatic rings. The van der Waals surface area contributed by atoms with Crippen molar-refractivity contribution < 1.29 is 4.74 Å². The summed E-state index contributed by atoms with van der Waals surface area (Å²) >= 11 is 0. The van der Waals surface area contributed by atoms with Gasteiger partial charge in [0.1, 0.15) is 0 Å². The molecule has 0 saturated carbocycles. The Morgan fingerprint density at radius 3 is 2.59 bits per heavy atom. The highest BCUT2D eigenvalue weighted by molar-refractivity contribution is 4.78. The first-order chi connectivity index (χ1) is 8.04. The van der Waals surface area contributed by atoms with Crippen LogP contribution in [0, 0.1) is 0 Å². The lowest BCUT2D eigenvalue weighted by atomic mass is 10.2. The lowest BCUT2D eigenvalue weighted by Gasteiger charge is -2.38. The second kappa shape index (κ2) is 7.31. The third kappa shape index (κ3) is 4.92. The lowest BCUT2D eigenvalue weighted by Crippen LogP contribution is -2.51. The number of morpholine rings is 1. The van der Waals surface area contributed by atoms with E-state index in [1.54, 1.807) is 0 Å². The van der Waals surface area contributed by atoms with Crippen molar-refractivity contribution in [3.05, 3.63) is 0 Å². The topological polar surface area (TPSA) is 41.7 Å². The van der Waals surface area contributed by atoms with Crippen molar-refractivity contribution in [2.75, 3.05) is 39.3 Å². The van der Waals surface area contributed by atoms with Crippen LogP contribution in [0.1, 0.15) is 27.7 Å². The van der Waals surface area contributed by atoms with Gasteiger partial charge in [0.05, 0.1) is 12.7 Å². The monoisotopic (exact) mass is 243 g/mol. The first-order valence-corrected chi connectivity index (χ1v) is 6.84. The third-order valence-corrected chi connectivity index (χ3v) is 3.49. The van der Waals surface area contributed by atoms with Crippen molar-refractivity contribution >= 4 is 0 Å². The van der Waals surface area contributed by atoms with Crippen molar-refractivity contribution in [1.82, 2.24) is 9.80 Å². The van der Waals surface area contributed by atoms with E-state index in [9.17, 15) is 0 Å². The normalized spacial score (nSPS) is 22.9. The largest absolute Gasteiger partial charge is 0.374 e. The molecule has 4 heteroatoms. The standard InChI is InChI=1S/C13H29N3O/c1-11(2)15(6-5-14)9-13-10-16(12(3)4)7-8-17-13/h11-13H,5-10,14H2,1-4H3. The number of ether oxygens (including phenoxy) is 1. The molecule has 1 fully saturated rings. The summed E-state index contributed by atoms with van der Waals surface area (Å²) in [6, 6.07) is 1.15. The van der Waals surface area contributed by atoms with Crippen molar-refractivity contribution in [3.63, 3.8) is 0 Å². The Bertz CT molecular complexity index is 209. The first kappa shape index (κ1) is 14.9. The molecule has 1 aliphatic rings. The van der Waals surface area contributed by atoms with Gasteiger partial charge in [-0.3, -0.25) is 9.80 Å². The van der Waals surface area contributed by atoms with Crippen LogP contribution in [0.25, 0.3) is 0 Å². The molecule has 17 heavy (non-hydrogen) atoms. The minimum Gasteiger partial charge on any atom is -0.374 e. The van der Waals surface area contributed by atoms with Crippen molar-refractivity contribution in [2.24, 2.45) is 5.73 Å². The Hall–Kier alpha value is -0.160. The highest BCUT2D eigenvalue weighted by atomic mass is 16.5. The zero-order chi connectivity index (χ0) is 12.8. The molecule has 1 rings (SSSR count). The van der Waals surface area contributed by atoms with E-state index in [1.807, 2.05) is 0 Å². The summed E-state index contributed by atoms with van der Waals surface area (Å²) in [6.07, 6.45) is 0.333. The fourth-order valence-electron chi connectivity index (χ4n) is 2.31. The van der Waals surface area contributed by atoms with Gasteiger partial charge in [0.25, 0.3) is 0 Å². The molecule has 1 unspecified atom stereocenters. The van der Waals surface area contributed by atoms with Crippen LogP contribution in [0.3, 0.4) is 0 Å². The highest BCUT2D eigenvalue weighted by Gasteiger charge is 2.24. The molecule has 2 N–H and O–H groups in total. The van der Waals surface area contributed by atoms with E-state index in [4.69, 9.17) is 10.5 Å². The smallest absolute Gasteiger partial charge is 0.0829 e. The van der Waals surface area contributed by atoms with Crippen molar-refractivity contribution in [3.8, 4) is 0 Å². The van der Waals surface area contributed by atoms with Crippen LogP contribution in [-0.4, -0.2) is 67.3 Å². The van der Waals surface area contributed by atoms with Gasteiger partial charge >= 0.3 is 0 Å². The Balaban J connectivity index is 2.43. The molecule has 0 amide bonds. The zero-order valence-corrected chi connectivity index (χ0v) is 11.9. The SMILES string of the molecule is CC(C)N(CCN)CC1CN(C(C)C)CCO1. The van der Waals surface area contributed by atoms with E-state index in [0.29, 0.717) is 18.2 Å². The van der Waals surface area contributed by atoms with Gasteiger partial charge < -0.3 is 10.5 Å². The van der Waals surface area contributed by atoms with Crippen LogP contribution in [0.2, 0.25) is 0 Å². The summed E-state index contributed by atoms with van der Waals surface area (Å²) < 4.78 is 5.86. The average Bonchev–Trinajstić information content (AvgIpc) is 2.28. The molecule has 0 aromatic heterocycles. The molecular formula is C13H29N3O. The van der Waals surface area contributed by atoms with E-state index in [2.05, 4.69) is 37.5 Å². The van der Waals surface area contributed by atoms with Gasteiger partial charge in [-0.2, -0.15) is 0 Å². The predicted octanol–water partition coefficient (Wildman–Crippen LogP) is 0.765. The molecule has 102 valence electrons. The summed E-state index contributed by atoms with van der Waals surface area (Å²) in [4.78, 5) is 4.91. The summed E-state index contributed by atoms with van der Waals surface area (Å²) in [5.74, 6) is 0. The zero-order valence-electron chi connectivity index (χ0n) is 11.9. The molecule has 1 atom stereocenters. The molecule has 4 nitrogen and oxygen atoms in total. The summed E-state index contributed by atoms with van der Waals surface area (Å²) in [5, 5.41) is 0. The third-order valence-electron chi connectivity index (χ3n) is 3.49. The van der Waals surface area contributed by atoms with Crippen LogP contribution < -0.4 is 5.73 Å². The number of hydrogen-bond donors (Lipinski definition) is 1. The van der Waals surface area contributed by atoms with Crippen molar-refractivity contribution in [2.45, 2.75) is 45.9 Å².